The minimum atomic E-state index is -1.43. The van der Waals surface area contributed by atoms with Crippen molar-refractivity contribution in [2.75, 3.05) is 13.7 Å². The number of hydrogen-bond donors (Lipinski definition) is 2. The van der Waals surface area contributed by atoms with Gasteiger partial charge in [0.1, 0.15) is 0 Å². The number of carboxylic acid groups (broad SMARTS) is 1. The number of carboxylic acids is 1. The van der Waals surface area contributed by atoms with Crippen LogP contribution in [0.4, 0.5) is 0 Å². The third kappa shape index (κ3) is 3.30. The van der Waals surface area contributed by atoms with E-state index in [4.69, 9.17) is 9.84 Å². The molecule has 0 fully saturated rings. The van der Waals surface area contributed by atoms with E-state index >= 15 is 0 Å². The Kier molecular flexibility index (Phi) is 4.44. The number of aliphatic carboxylic acids is 1. The maximum absolute atomic E-state index is 12.0. The van der Waals surface area contributed by atoms with Crippen LogP contribution in [0.1, 0.15) is 22.8 Å². The van der Waals surface area contributed by atoms with Crippen molar-refractivity contribution in [3.8, 4) is 0 Å². The summed E-state index contributed by atoms with van der Waals surface area (Å²) in [5.74, 6) is -1.56. The van der Waals surface area contributed by atoms with Gasteiger partial charge in [0.05, 0.1) is 6.61 Å². The van der Waals surface area contributed by atoms with E-state index in [1.807, 2.05) is 13.0 Å². The molecule has 0 aliphatic heterocycles. The van der Waals surface area contributed by atoms with Gasteiger partial charge >= 0.3 is 5.97 Å². The summed E-state index contributed by atoms with van der Waals surface area (Å²) in [6, 6.07) is 6.95. The molecule has 0 aliphatic carbocycles. The number of methoxy groups -OCH3 is 1. The van der Waals surface area contributed by atoms with Crippen LogP contribution < -0.4 is 5.32 Å². The summed E-state index contributed by atoms with van der Waals surface area (Å²) in [7, 11) is 1.39. The third-order valence-corrected chi connectivity index (χ3v) is 2.57. The van der Waals surface area contributed by atoms with E-state index in [0.29, 0.717) is 5.56 Å². The minimum absolute atomic E-state index is 0.0973. The number of ether oxygens (including phenoxy) is 1. The zero-order chi connectivity index (χ0) is 13.8. The lowest BCUT2D eigenvalue weighted by molar-refractivity contribution is -0.145. The third-order valence-electron chi connectivity index (χ3n) is 2.57. The zero-order valence-electron chi connectivity index (χ0n) is 10.7. The van der Waals surface area contributed by atoms with E-state index < -0.39 is 17.4 Å². The highest BCUT2D eigenvalue weighted by Gasteiger charge is 2.35. The predicted molar refractivity (Wildman–Crippen MR) is 66.6 cm³/mol. The fourth-order valence-corrected chi connectivity index (χ4v) is 1.55. The summed E-state index contributed by atoms with van der Waals surface area (Å²) in [4.78, 5) is 23.1. The van der Waals surface area contributed by atoms with E-state index in [2.05, 4.69) is 5.32 Å². The van der Waals surface area contributed by atoms with E-state index in [1.54, 1.807) is 18.2 Å². The molecule has 18 heavy (non-hydrogen) atoms. The average Bonchev–Trinajstić information content (AvgIpc) is 2.29. The number of rotatable bonds is 5. The molecule has 0 saturated carbocycles. The normalized spacial score (nSPS) is 13.7. The van der Waals surface area contributed by atoms with Crippen LogP contribution >= 0.6 is 0 Å². The van der Waals surface area contributed by atoms with Crippen molar-refractivity contribution in [3.63, 3.8) is 0 Å². The maximum Gasteiger partial charge on any atom is 0.331 e. The first kappa shape index (κ1) is 14.2. The summed E-state index contributed by atoms with van der Waals surface area (Å²) in [5.41, 5.74) is -0.0692. The van der Waals surface area contributed by atoms with Crippen molar-refractivity contribution in [2.45, 2.75) is 19.4 Å². The van der Waals surface area contributed by atoms with Crippen LogP contribution in [0.25, 0.3) is 0 Å². The van der Waals surface area contributed by atoms with E-state index in [9.17, 15) is 9.59 Å². The Bertz CT molecular complexity index is 458. The van der Waals surface area contributed by atoms with E-state index in [1.165, 1.54) is 14.0 Å². The number of amides is 1. The van der Waals surface area contributed by atoms with E-state index in [0.717, 1.165) is 5.56 Å². The second-order valence-corrected chi connectivity index (χ2v) is 4.39. The van der Waals surface area contributed by atoms with Crippen molar-refractivity contribution < 1.29 is 19.4 Å². The average molecular weight is 251 g/mol. The van der Waals surface area contributed by atoms with Crippen molar-refractivity contribution >= 4 is 11.9 Å². The van der Waals surface area contributed by atoms with Gasteiger partial charge in [-0.25, -0.2) is 4.79 Å². The zero-order valence-corrected chi connectivity index (χ0v) is 10.7. The summed E-state index contributed by atoms with van der Waals surface area (Å²) in [5, 5.41) is 11.6. The van der Waals surface area contributed by atoms with Crippen molar-refractivity contribution in [3.05, 3.63) is 35.4 Å². The second-order valence-electron chi connectivity index (χ2n) is 4.39. The number of carbonyl (C=O) groups excluding carboxylic acids is 1. The molecule has 1 rings (SSSR count). The maximum atomic E-state index is 12.0. The highest BCUT2D eigenvalue weighted by Crippen LogP contribution is 2.09. The van der Waals surface area contributed by atoms with Gasteiger partial charge in [-0.3, -0.25) is 4.79 Å². The Morgan fingerprint density at radius 3 is 2.61 bits per heavy atom. The lowest BCUT2D eigenvalue weighted by Crippen LogP contribution is -2.55. The number of carbonyl (C=O) groups is 2. The van der Waals surface area contributed by atoms with Crippen LogP contribution in [0.2, 0.25) is 0 Å². The monoisotopic (exact) mass is 251 g/mol. The van der Waals surface area contributed by atoms with Crippen molar-refractivity contribution in [2.24, 2.45) is 0 Å². The summed E-state index contributed by atoms with van der Waals surface area (Å²) < 4.78 is 4.83. The molecule has 0 spiro atoms. The lowest BCUT2D eigenvalue weighted by Gasteiger charge is -2.25. The largest absolute Gasteiger partial charge is 0.479 e. The molecule has 0 heterocycles. The van der Waals surface area contributed by atoms with Crippen LogP contribution in [-0.4, -0.2) is 36.2 Å². The molecule has 0 bridgehead atoms. The second kappa shape index (κ2) is 5.64. The molecule has 1 atom stereocenters. The SMILES string of the molecule is COCC(C)(NC(=O)c1cccc(C)c1)C(=O)O. The highest BCUT2D eigenvalue weighted by atomic mass is 16.5. The van der Waals surface area contributed by atoms with Gasteiger partial charge in [0.25, 0.3) is 5.91 Å². The number of aryl methyl sites for hydroxylation is 1. The Labute approximate surface area is 106 Å². The molecule has 0 radical (unpaired) electrons. The molecule has 1 aromatic rings. The molecule has 1 unspecified atom stereocenters. The van der Waals surface area contributed by atoms with Crippen LogP contribution in [0.5, 0.6) is 0 Å². The van der Waals surface area contributed by atoms with Crippen LogP contribution in [-0.2, 0) is 9.53 Å². The van der Waals surface area contributed by atoms with Gasteiger partial charge in [0.15, 0.2) is 5.54 Å². The molecule has 1 aromatic carbocycles. The first-order valence-corrected chi connectivity index (χ1v) is 5.50. The van der Waals surface area contributed by atoms with Gasteiger partial charge in [0, 0.05) is 12.7 Å². The smallest absolute Gasteiger partial charge is 0.331 e. The Morgan fingerprint density at radius 1 is 1.44 bits per heavy atom. The highest BCUT2D eigenvalue weighted by molar-refractivity contribution is 5.97. The number of hydrogen-bond acceptors (Lipinski definition) is 3. The molecule has 5 nitrogen and oxygen atoms in total. The summed E-state index contributed by atoms with van der Waals surface area (Å²) in [6.45, 7) is 3.18. The van der Waals surface area contributed by atoms with E-state index in [-0.39, 0.29) is 6.61 Å². The standard InChI is InChI=1S/C13H17NO4/c1-9-5-4-6-10(7-9)11(15)14-13(2,8-18-3)12(16)17/h4-7H,8H2,1-3H3,(H,14,15)(H,16,17). The number of benzene rings is 1. The van der Waals surface area contributed by atoms with Crippen molar-refractivity contribution in [1.82, 2.24) is 5.32 Å². The summed E-state index contributed by atoms with van der Waals surface area (Å²) >= 11 is 0. The molecule has 0 aromatic heterocycles. The first-order valence-electron chi connectivity index (χ1n) is 5.50. The minimum Gasteiger partial charge on any atom is -0.479 e. The van der Waals surface area contributed by atoms with Gasteiger partial charge in [-0.15, -0.1) is 0 Å². The topological polar surface area (TPSA) is 75.6 Å². The Balaban J connectivity index is 2.88. The van der Waals surface area contributed by atoms with Crippen LogP contribution in [0.3, 0.4) is 0 Å². The Hall–Kier alpha value is -1.88. The first-order chi connectivity index (χ1) is 8.39. The van der Waals surface area contributed by atoms with Crippen LogP contribution in [0.15, 0.2) is 24.3 Å². The molecule has 0 saturated heterocycles. The van der Waals surface area contributed by atoms with Crippen LogP contribution in [0, 0.1) is 6.92 Å². The molecule has 1 amide bonds. The van der Waals surface area contributed by atoms with Gasteiger partial charge in [0.2, 0.25) is 0 Å². The van der Waals surface area contributed by atoms with Crippen molar-refractivity contribution in [1.29, 1.82) is 0 Å². The quantitative estimate of drug-likeness (QED) is 0.825. The molecular weight excluding hydrogens is 234 g/mol. The lowest BCUT2D eigenvalue weighted by atomic mass is 10.0. The Morgan fingerprint density at radius 2 is 2.11 bits per heavy atom. The summed E-state index contributed by atoms with van der Waals surface area (Å²) in [6.07, 6.45) is 0. The number of nitrogens with one attached hydrogen (secondary N) is 1. The predicted octanol–water partition coefficient (Wildman–Crippen LogP) is 1.21. The van der Waals surface area contributed by atoms with Gasteiger partial charge in [-0.05, 0) is 26.0 Å². The molecule has 2 N–H and O–H groups in total. The molecule has 5 heteroatoms. The van der Waals surface area contributed by atoms with Gasteiger partial charge < -0.3 is 15.2 Å². The fourth-order valence-electron chi connectivity index (χ4n) is 1.55. The van der Waals surface area contributed by atoms with Gasteiger partial charge in [-0.2, -0.15) is 0 Å². The van der Waals surface area contributed by atoms with Gasteiger partial charge in [-0.1, -0.05) is 17.7 Å². The fraction of sp³-hybridized carbons (Fsp3) is 0.385. The molecular formula is C13H17NO4. The molecule has 98 valence electrons. The molecule has 0 aliphatic rings.